The fourth-order valence-electron chi connectivity index (χ4n) is 9.51. The molecule has 71 heavy (non-hydrogen) atoms. The molecular weight excluding hydrogens is 1050 g/mol. The zero-order valence-electron chi connectivity index (χ0n) is 42.8. The first-order valence-corrected chi connectivity index (χ1v) is 24.5. The average molecular weight is 1110 g/mol. The van der Waals surface area contributed by atoms with Crippen molar-refractivity contribution < 1.29 is 25.8 Å². The molecule has 0 amide bonds. The molecule has 2 aromatic heterocycles. The molecule has 0 spiro atoms. The number of pyridine rings is 1. The minimum Gasteiger partial charge on any atom is -0.509 e. The van der Waals surface area contributed by atoms with E-state index in [0.29, 0.717) is 11.5 Å². The summed E-state index contributed by atoms with van der Waals surface area (Å²) in [6, 6.07) is 66.2. The van der Waals surface area contributed by atoms with Crippen LogP contribution in [0.1, 0.15) is 98.4 Å². The number of benzene rings is 7. The van der Waals surface area contributed by atoms with Crippen LogP contribution >= 0.6 is 0 Å². The van der Waals surface area contributed by atoms with Crippen molar-refractivity contribution in [1.82, 2.24) is 9.55 Å². The van der Waals surface area contributed by atoms with E-state index < -0.39 is 0 Å². The summed E-state index contributed by atoms with van der Waals surface area (Å²) < 4.78 is 9.18. The molecule has 5 nitrogen and oxygen atoms in total. The Kier molecular flexibility index (Phi) is 13.1. The average Bonchev–Trinajstić information content (AvgIpc) is 3.95. The molecule has 0 N–H and O–H groups in total. The Labute approximate surface area is 436 Å². The van der Waals surface area contributed by atoms with E-state index in [9.17, 15) is 0 Å². The molecular formula is C65H63N4OPt-3. The maximum atomic E-state index is 6.95. The number of allylic oxidation sites excluding steroid dienone is 1. The maximum absolute atomic E-state index is 6.95. The summed E-state index contributed by atoms with van der Waals surface area (Å²) in [6.45, 7) is 27.2. The van der Waals surface area contributed by atoms with Crippen LogP contribution in [0.25, 0.3) is 49.9 Å². The summed E-state index contributed by atoms with van der Waals surface area (Å²) in [5, 5.41) is 2.21. The molecule has 1 aliphatic heterocycles. The molecule has 0 saturated heterocycles. The molecule has 0 atom stereocenters. The molecule has 0 unspecified atom stereocenters. The topological polar surface area (TPSA) is 33.5 Å². The van der Waals surface area contributed by atoms with Gasteiger partial charge in [-0.1, -0.05) is 191 Å². The molecule has 0 aliphatic carbocycles. The van der Waals surface area contributed by atoms with Crippen molar-refractivity contribution >= 4 is 33.2 Å². The van der Waals surface area contributed by atoms with Crippen LogP contribution in [0, 0.1) is 18.8 Å². The van der Waals surface area contributed by atoms with Crippen molar-refractivity contribution in [3.63, 3.8) is 0 Å². The van der Waals surface area contributed by atoms with Gasteiger partial charge in [0.05, 0.1) is 0 Å². The summed E-state index contributed by atoms with van der Waals surface area (Å²) in [5.74, 6) is 2.06. The number of rotatable bonds is 9. The molecule has 7 aromatic carbocycles. The van der Waals surface area contributed by atoms with Gasteiger partial charge in [-0.3, -0.25) is 0 Å². The van der Waals surface area contributed by atoms with Crippen molar-refractivity contribution in [2.24, 2.45) is 0 Å². The van der Waals surface area contributed by atoms with E-state index in [4.69, 9.17) is 9.72 Å². The fourth-order valence-corrected chi connectivity index (χ4v) is 9.51. The van der Waals surface area contributed by atoms with E-state index in [1.807, 2.05) is 12.3 Å². The predicted molar refractivity (Wildman–Crippen MR) is 293 cm³/mol. The van der Waals surface area contributed by atoms with Crippen LogP contribution in [0.4, 0.5) is 11.4 Å². The van der Waals surface area contributed by atoms with E-state index in [2.05, 4.69) is 273 Å². The van der Waals surface area contributed by atoms with Gasteiger partial charge in [-0.2, -0.15) is 6.07 Å². The van der Waals surface area contributed by atoms with Crippen molar-refractivity contribution in [1.29, 1.82) is 0 Å². The van der Waals surface area contributed by atoms with Crippen LogP contribution in [0.3, 0.4) is 0 Å². The monoisotopic (exact) mass is 1110 g/mol. The van der Waals surface area contributed by atoms with Gasteiger partial charge in [0.1, 0.15) is 5.82 Å². The van der Waals surface area contributed by atoms with Crippen molar-refractivity contribution in [2.45, 2.75) is 97.8 Å². The van der Waals surface area contributed by atoms with Crippen molar-refractivity contribution in [3.05, 3.63) is 223 Å². The van der Waals surface area contributed by atoms with Gasteiger partial charge in [-0.15, -0.1) is 53.6 Å². The van der Waals surface area contributed by atoms with Gasteiger partial charge in [0.25, 0.3) is 0 Å². The van der Waals surface area contributed by atoms with Crippen molar-refractivity contribution in [3.8, 4) is 39.6 Å². The minimum atomic E-state index is -0.371. The SMILES string of the molecule is CC(C)(C)c1cc(Oc2[c-]c3c(cc2)c2cc(-c4ccccc4)ccc2n3-c2cc(C(C)(C)C)ccn2)[c-]c(N2C=C(C(C)(C)c3ccccc3)N(c3cc(-c4ccccc4)cc(C(C)(C)C)c3)[CH-]2)c1.[Pt]. The molecule has 9 aromatic rings. The number of ether oxygens (including phenoxy) is 1. The second-order valence-corrected chi connectivity index (χ2v) is 22.4. The summed E-state index contributed by atoms with van der Waals surface area (Å²) in [7, 11) is 0. The Morgan fingerprint density at radius 3 is 1.76 bits per heavy atom. The molecule has 0 bridgehead atoms. The molecule has 1 aliphatic rings. The van der Waals surface area contributed by atoms with Gasteiger partial charge in [0.15, 0.2) is 0 Å². The quantitative estimate of drug-likeness (QED) is 0.135. The zero-order chi connectivity index (χ0) is 49.2. The van der Waals surface area contributed by atoms with Crippen LogP contribution in [0.5, 0.6) is 11.5 Å². The van der Waals surface area contributed by atoms with Crippen LogP contribution in [0.2, 0.25) is 0 Å². The number of hydrogen-bond donors (Lipinski definition) is 0. The first kappa shape index (κ1) is 49.3. The van der Waals surface area contributed by atoms with Gasteiger partial charge >= 0.3 is 0 Å². The Balaban J connectivity index is 0.00000624. The normalized spacial score (nSPS) is 13.4. The first-order valence-electron chi connectivity index (χ1n) is 24.5. The number of anilines is 2. The van der Waals surface area contributed by atoms with Gasteiger partial charge in [0, 0.05) is 61.1 Å². The molecule has 0 saturated carbocycles. The minimum absolute atomic E-state index is 0. The fraction of sp³-hybridized carbons (Fsp3) is 0.231. The van der Waals surface area contributed by atoms with Crippen molar-refractivity contribution in [2.75, 3.05) is 9.80 Å². The Bertz CT molecular complexity index is 3410. The summed E-state index contributed by atoms with van der Waals surface area (Å²) in [6.07, 6.45) is 4.20. The zero-order valence-corrected chi connectivity index (χ0v) is 45.1. The van der Waals surface area contributed by atoms with Gasteiger partial charge in [-0.25, -0.2) is 4.98 Å². The molecule has 0 fully saturated rings. The number of aromatic nitrogens is 2. The third-order valence-electron chi connectivity index (χ3n) is 13.9. The van der Waals surface area contributed by atoms with Gasteiger partial charge in [0.2, 0.25) is 0 Å². The maximum Gasteiger partial charge on any atom is 0.135 e. The van der Waals surface area contributed by atoms with E-state index >= 15 is 0 Å². The van der Waals surface area contributed by atoms with Crippen LogP contribution in [-0.4, -0.2) is 9.55 Å². The second kappa shape index (κ2) is 18.8. The van der Waals surface area contributed by atoms with E-state index in [1.54, 1.807) is 0 Å². The predicted octanol–water partition coefficient (Wildman–Crippen LogP) is 17.1. The second-order valence-electron chi connectivity index (χ2n) is 22.4. The van der Waals surface area contributed by atoms with E-state index in [1.165, 1.54) is 33.4 Å². The molecule has 10 rings (SSSR count). The number of nitrogens with zero attached hydrogens (tertiary/aromatic N) is 4. The molecule has 362 valence electrons. The number of fused-ring (bicyclic) bond motifs is 3. The van der Waals surface area contributed by atoms with Gasteiger partial charge in [-0.05, 0) is 97.1 Å². The third-order valence-corrected chi connectivity index (χ3v) is 13.9. The number of hydrogen-bond acceptors (Lipinski definition) is 4. The van der Waals surface area contributed by atoms with Crippen LogP contribution < -0.4 is 14.5 Å². The Hall–Kier alpha value is -6.68. The third kappa shape index (κ3) is 9.87. The summed E-state index contributed by atoms with van der Waals surface area (Å²) in [4.78, 5) is 9.56. The molecule has 6 heteroatoms. The molecule has 0 radical (unpaired) electrons. The van der Waals surface area contributed by atoms with E-state index in [-0.39, 0.29) is 42.7 Å². The summed E-state index contributed by atoms with van der Waals surface area (Å²) >= 11 is 0. The largest absolute Gasteiger partial charge is 0.509 e. The van der Waals surface area contributed by atoms with Gasteiger partial charge < -0.3 is 19.1 Å². The first-order chi connectivity index (χ1) is 33.3. The van der Waals surface area contributed by atoms with E-state index in [0.717, 1.165) is 55.8 Å². The standard InChI is InChI=1S/C65H63N4O.Pt/c1-62(2,3)49-31-32-66-61(39-49)69-58-30-27-46(44-21-15-12-16-22-44)35-57(58)56-29-28-54(41-59(56)69)70-55-38-51(64(7,8)9)36-52(40-55)67-42-60(65(10,11)48-25-19-14-20-26-48)68(43-67)53-34-47(45-23-17-13-18-24-45)33-50(37-53)63(4,5)6;/h12-39,42-43H,1-11H3;/q-3;. The Morgan fingerprint density at radius 2 is 1.11 bits per heavy atom. The summed E-state index contributed by atoms with van der Waals surface area (Å²) in [5.41, 5.74) is 13.9. The smallest absolute Gasteiger partial charge is 0.135 e. The molecule has 3 heterocycles. The van der Waals surface area contributed by atoms with Crippen LogP contribution in [-0.2, 0) is 42.7 Å². The Morgan fingerprint density at radius 1 is 0.493 bits per heavy atom. The van der Waals surface area contributed by atoms with Crippen LogP contribution in [0.15, 0.2) is 182 Å².